The fourth-order valence-corrected chi connectivity index (χ4v) is 1.75. The number of pyridine rings is 1. The van der Waals surface area contributed by atoms with Gasteiger partial charge in [0.25, 0.3) is 5.56 Å². The molecule has 0 radical (unpaired) electrons. The van der Waals surface area contributed by atoms with Gasteiger partial charge < -0.3 is 20.5 Å². The van der Waals surface area contributed by atoms with Gasteiger partial charge in [0.1, 0.15) is 0 Å². The predicted molar refractivity (Wildman–Crippen MR) is 61.6 cm³/mol. The zero-order valence-corrected chi connectivity index (χ0v) is 8.77. The molecule has 0 unspecified atom stereocenters. The molecule has 84 valence electrons. The van der Waals surface area contributed by atoms with E-state index in [1.165, 1.54) is 4.57 Å². The number of rotatable bonds is 1. The maximum atomic E-state index is 11.7. The van der Waals surface area contributed by atoms with Crippen LogP contribution in [0.15, 0.2) is 23.0 Å². The Labute approximate surface area is 91.4 Å². The standard InChI is InChI=1S/C11H12N2O3/c1-2-13-8-5-6(12)3-4-7(8)9(14)10(15)11(13)16/h3-5,14-15H,2,12H2,1H3. The van der Waals surface area contributed by atoms with Gasteiger partial charge in [-0.05, 0) is 25.1 Å². The van der Waals surface area contributed by atoms with Crippen molar-refractivity contribution in [1.82, 2.24) is 4.57 Å². The van der Waals surface area contributed by atoms with E-state index < -0.39 is 17.1 Å². The second-order valence-corrected chi connectivity index (χ2v) is 3.52. The largest absolute Gasteiger partial charge is 0.504 e. The van der Waals surface area contributed by atoms with Crippen LogP contribution in [0.4, 0.5) is 5.69 Å². The SMILES string of the molecule is CCn1c(=O)c(O)c(O)c2ccc(N)cc21. The Kier molecular flexibility index (Phi) is 2.23. The lowest BCUT2D eigenvalue weighted by Gasteiger charge is -2.11. The summed E-state index contributed by atoms with van der Waals surface area (Å²) in [6, 6.07) is 4.77. The number of anilines is 1. The van der Waals surface area contributed by atoms with Crippen LogP contribution in [0.1, 0.15) is 6.92 Å². The molecule has 2 rings (SSSR count). The molecular formula is C11H12N2O3. The second-order valence-electron chi connectivity index (χ2n) is 3.52. The fourth-order valence-electron chi connectivity index (χ4n) is 1.75. The Morgan fingerprint density at radius 1 is 1.31 bits per heavy atom. The van der Waals surface area contributed by atoms with Crippen molar-refractivity contribution >= 4 is 16.6 Å². The Morgan fingerprint density at radius 3 is 2.62 bits per heavy atom. The summed E-state index contributed by atoms with van der Waals surface area (Å²) in [5, 5.41) is 19.5. The maximum absolute atomic E-state index is 11.7. The van der Waals surface area contributed by atoms with Crippen molar-refractivity contribution in [3.8, 4) is 11.5 Å². The average molecular weight is 220 g/mol. The zero-order valence-electron chi connectivity index (χ0n) is 8.77. The van der Waals surface area contributed by atoms with Gasteiger partial charge in [-0.1, -0.05) is 0 Å². The number of aryl methyl sites for hydroxylation is 1. The van der Waals surface area contributed by atoms with Gasteiger partial charge in [-0.2, -0.15) is 0 Å². The summed E-state index contributed by atoms with van der Waals surface area (Å²) < 4.78 is 1.36. The second kappa shape index (κ2) is 3.44. The summed E-state index contributed by atoms with van der Waals surface area (Å²) >= 11 is 0. The van der Waals surface area contributed by atoms with E-state index in [4.69, 9.17) is 5.73 Å². The molecule has 4 N–H and O–H groups in total. The monoisotopic (exact) mass is 220 g/mol. The Bertz CT molecular complexity index is 617. The third kappa shape index (κ3) is 1.29. The molecule has 1 aromatic carbocycles. The van der Waals surface area contributed by atoms with E-state index in [1.807, 2.05) is 0 Å². The molecule has 0 fully saturated rings. The third-order valence-electron chi connectivity index (χ3n) is 2.56. The van der Waals surface area contributed by atoms with Crippen LogP contribution >= 0.6 is 0 Å². The van der Waals surface area contributed by atoms with Crippen LogP contribution in [0.25, 0.3) is 10.9 Å². The number of benzene rings is 1. The number of nitrogens with zero attached hydrogens (tertiary/aromatic N) is 1. The topological polar surface area (TPSA) is 88.5 Å². The van der Waals surface area contributed by atoms with E-state index in [2.05, 4.69) is 0 Å². The minimum absolute atomic E-state index is 0.395. The minimum atomic E-state index is -0.626. The Morgan fingerprint density at radius 2 is 2.00 bits per heavy atom. The first-order chi connectivity index (χ1) is 7.56. The highest BCUT2D eigenvalue weighted by Crippen LogP contribution is 2.31. The lowest BCUT2D eigenvalue weighted by Crippen LogP contribution is -2.19. The van der Waals surface area contributed by atoms with E-state index >= 15 is 0 Å². The minimum Gasteiger partial charge on any atom is -0.504 e. The zero-order chi connectivity index (χ0) is 11.9. The summed E-state index contributed by atoms with van der Waals surface area (Å²) in [5.41, 5.74) is 6.03. The van der Waals surface area contributed by atoms with E-state index in [0.29, 0.717) is 23.1 Å². The smallest absolute Gasteiger partial charge is 0.297 e. The molecule has 5 nitrogen and oxygen atoms in total. The van der Waals surface area contributed by atoms with Gasteiger partial charge in [0.15, 0.2) is 5.75 Å². The lowest BCUT2D eigenvalue weighted by atomic mass is 10.1. The molecular weight excluding hydrogens is 208 g/mol. The van der Waals surface area contributed by atoms with Crippen LogP contribution in [0.3, 0.4) is 0 Å². The van der Waals surface area contributed by atoms with Crippen molar-refractivity contribution in [2.75, 3.05) is 5.73 Å². The normalized spacial score (nSPS) is 10.8. The summed E-state index contributed by atoms with van der Waals surface area (Å²) in [5.74, 6) is -1.02. The fraction of sp³-hybridized carbons (Fsp3) is 0.182. The van der Waals surface area contributed by atoms with Gasteiger partial charge in [0.05, 0.1) is 5.52 Å². The summed E-state index contributed by atoms with van der Waals surface area (Å²) in [7, 11) is 0. The number of fused-ring (bicyclic) bond motifs is 1. The van der Waals surface area contributed by atoms with Gasteiger partial charge >= 0.3 is 0 Å². The molecule has 1 heterocycles. The molecule has 2 aromatic rings. The number of hydrogen-bond donors (Lipinski definition) is 3. The van der Waals surface area contributed by atoms with Crippen LogP contribution in [0.2, 0.25) is 0 Å². The highest BCUT2D eigenvalue weighted by atomic mass is 16.3. The van der Waals surface area contributed by atoms with Crippen LogP contribution in [0, 0.1) is 0 Å². The Hall–Kier alpha value is -2.17. The predicted octanol–water partition coefficient (Wildman–Crippen LogP) is 1.01. The van der Waals surface area contributed by atoms with Crippen molar-refractivity contribution in [3.05, 3.63) is 28.6 Å². The molecule has 5 heteroatoms. The van der Waals surface area contributed by atoms with Crippen LogP contribution in [-0.4, -0.2) is 14.8 Å². The summed E-state index contributed by atoms with van der Waals surface area (Å²) in [6.45, 7) is 2.17. The van der Waals surface area contributed by atoms with Gasteiger partial charge in [0, 0.05) is 17.6 Å². The Balaban J connectivity index is 3.04. The van der Waals surface area contributed by atoms with Gasteiger partial charge in [-0.3, -0.25) is 4.79 Å². The highest BCUT2D eigenvalue weighted by Gasteiger charge is 2.14. The van der Waals surface area contributed by atoms with E-state index in [9.17, 15) is 15.0 Å². The number of aromatic nitrogens is 1. The number of hydrogen-bond acceptors (Lipinski definition) is 4. The lowest BCUT2D eigenvalue weighted by molar-refractivity contribution is 0.398. The third-order valence-corrected chi connectivity index (χ3v) is 2.56. The first-order valence-corrected chi connectivity index (χ1v) is 4.90. The molecule has 16 heavy (non-hydrogen) atoms. The molecule has 0 bridgehead atoms. The van der Waals surface area contributed by atoms with E-state index in [1.54, 1.807) is 25.1 Å². The van der Waals surface area contributed by atoms with Crippen LogP contribution in [0.5, 0.6) is 11.5 Å². The van der Waals surface area contributed by atoms with Crippen LogP contribution < -0.4 is 11.3 Å². The van der Waals surface area contributed by atoms with E-state index in [0.717, 1.165) is 0 Å². The summed E-state index contributed by atoms with van der Waals surface area (Å²) in [4.78, 5) is 11.7. The van der Waals surface area contributed by atoms with Crippen molar-refractivity contribution in [2.45, 2.75) is 13.5 Å². The van der Waals surface area contributed by atoms with Gasteiger partial charge in [-0.15, -0.1) is 0 Å². The first-order valence-electron chi connectivity index (χ1n) is 4.90. The quantitative estimate of drug-likeness (QED) is 0.626. The molecule has 0 saturated carbocycles. The number of nitrogens with two attached hydrogens (primary N) is 1. The van der Waals surface area contributed by atoms with E-state index in [-0.39, 0.29) is 0 Å². The molecule has 0 aliphatic rings. The molecule has 0 amide bonds. The molecule has 1 aromatic heterocycles. The summed E-state index contributed by atoms with van der Waals surface area (Å²) in [6.07, 6.45) is 0. The number of nitrogen functional groups attached to an aromatic ring is 1. The van der Waals surface area contributed by atoms with Crippen LogP contribution in [-0.2, 0) is 6.54 Å². The van der Waals surface area contributed by atoms with Gasteiger partial charge in [-0.25, -0.2) is 0 Å². The molecule has 0 aliphatic heterocycles. The maximum Gasteiger partial charge on any atom is 0.297 e. The average Bonchev–Trinajstić information content (AvgIpc) is 2.27. The van der Waals surface area contributed by atoms with Crippen molar-refractivity contribution in [3.63, 3.8) is 0 Å². The molecule has 0 atom stereocenters. The van der Waals surface area contributed by atoms with Gasteiger partial charge in [0.2, 0.25) is 5.75 Å². The van der Waals surface area contributed by atoms with Crippen molar-refractivity contribution in [1.29, 1.82) is 0 Å². The van der Waals surface area contributed by atoms with Crippen molar-refractivity contribution in [2.24, 2.45) is 0 Å². The number of aromatic hydroxyl groups is 2. The van der Waals surface area contributed by atoms with Crippen molar-refractivity contribution < 1.29 is 10.2 Å². The first kappa shape index (κ1) is 10.4. The molecule has 0 aliphatic carbocycles. The highest BCUT2D eigenvalue weighted by molar-refractivity contribution is 5.89. The molecule has 0 saturated heterocycles. The molecule has 0 spiro atoms.